The maximum Gasteiger partial charge on any atom is 0.269 e. The fourth-order valence-electron chi connectivity index (χ4n) is 2.90. The number of carbonyl (C=O) groups is 1. The number of nitro groups is 1. The van der Waals surface area contributed by atoms with Gasteiger partial charge < -0.3 is 14.1 Å². The average Bonchev–Trinajstić information content (AvgIpc) is 3.27. The Balaban J connectivity index is 1.67. The van der Waals surface area contributed by atoms with Crippen molar-refractivity contribution in [3.05, 3.63) is 58.5 Å². The predicted molar refractivity (Wildman–Crippen MR) is 94.9 cm³/mol. The maximum absolute atomic E-state index is 12.7. The SMILES string of the molecule is O=C(COc1ccc([N+](=O)[O-])cc1)N(Cc1ccco1)C1CCS(=O)(=O)C1. The van der Waals surface area contributed by atoms with E-state index >= 15 is 0 Å². The molecule has 0 saturated carbocycles. The molecule has 0 spiro atoms. The number of ether oxygens (including phenoxy) is 1. The summed E-state index contributed by atoms with van der Waals surface area (Å²) in [6, 6.07) is 8.34. The Kier molecular flexibility index (Phi) is 5.45. The highest BCUT2D eigenvalue weighted by atomic mass is 32.2. The molecule has 1 aromatic carbocycles. The van der Waals surface area contributed by atoms with Crippen molar-refractivity contribution in [1.29, 1.82) is 0 Å². The summed E-state index contributed by atoms with van der Waals surface area (Å²) in [5.41, 5.74) is -0.0794. The highest BCUT2D eigenvalue weighted by Crippen LogP contribution is 2.22. The molecule has 1 atom stereocenters. The van der Waals surface area contributed by atoms with Gasteiger partial charge in [-0.1, -0.05) is 0 Å². The van der Waals surface area contributed by atoms with E-state index in [4.69, 9.17) is 9.15 Å². The van der Waals surface area contributed by atoms with Crippen LogP contribution in [-0.2, 0) is 21.2 Å². The summed E-state index contributed by atoms with van der Waals surface area (Å²) in [5.74, 6) is 0.431. The minimum absolute atomic E-state index is 0.0445. The van der Waals surface area contributed by atoms with Crippen molar-refractivity contribution in [2.45, 2.75) is 19.0 Å². The number of nitrogens with zero attached hydrogens (tertiary/aromatic N) is 2. The van der Waals surface area contributed by atoms with E-state index in [9.17, 15) is 23.3 Å². The second-order valence-electron chi connectivity index (χ2n) is 6.20. The Morgan fingerprint density at radius 3 is 2.59 bits per heavy atom. The lowest BCUT2D eigenvalue weighted by Crippen LogP contribution is -2.43. The molecule has 9 nitrogen and oxygen atoms in total. The van der Waals surface area contributed by atoms with Crippen LogP contribution in [0.4, 0.5) is 5.69 Å². The number of sulfone groups is 1. The van der Waals surface area contributed by atoms with Crippen LogP contribution in [0, 0.1) is 10.1 Å². The van der Waals surface area contributed by atoms with Crippen LogP contribution in [0.15, 0.2) is 47.1 Å². The van der Waals surface area contributed by atoms with Crippen LogP contribution in [-0.4, -0.2) is 48.3 Å². The van der Waals surface area contributed by atoms with E-state index in [1.54, 1.807) is 12.1 Å². The minimum Gasteiger partial charge on any atom is -0.484 e. The van der Waals surface area contributed by atoms with Crippen LogP contribution in [0.1, 0.15) is 12.2 Å². The smallest absolute Gasteiger partial charge is 0.269 e. The van der Waals surface area contributed by atoms with Crippen LogP contribution in [0.25, 0.3) is 0 Å². The molecule has 0 N–H and O–H groups in total. The van der Waals surface area contributed by atoms with E-state index in [1.807, 2.05) is 0 Å². The summed E-state index contributed by atoms with van der Waals surface area (Å²) in [4.78, 5) is 24.3. The molecule has 1 aliphatic rings. The number of amides is 1. The quantitative estimate of drug-likeness (QED) is 0.518. The second-order valence-corrected chi connectivity index (χ2v) is 8.43. The van der Waals surface area contributed by atoms with E-state index in [2.05, 4.69) is 0 Å². The third-order valence-corrected chi connectivity index (χ3v) is 6.04. The first-order chi connectivity index (χ1) is 12.8. The third kappa shape index (κ3) is 4.85. The Hall–Kier alpha value is -2.88. The Morgan fingerprint density at radius 2 is 2.04 bits per heavy atom. The number of hydrogen-bond donors (Lipinski definition) is 0. The van der Waals surface area contributed by atoms with Crippen molar-refractivity contribution in [3.63, 3.8) is 0 Å². The number of rotatable bonds is 7. The van der Waals surface area contributed by atoms with Gasteiger partial charge in [0, 0.05) is 18.2 Å². The summed E-state index contributed by atoms with van der Waals surface area (Å²) >= 11 is 0. The molecule has 0 bridgehead atoms. The monoisotopic (exact) mass is 394 g/mol. The molecular formula is C17H18N2O7S. The van der Waals surface area contributed by atoms with Crippen LogP contribution in [0.2, 0.25) is 0 Å². The average molecular weight is 394 g/mol. The largest absolute Gasteiger partial charge is 0.484 e. The lowest BCUT2D eigenvalue weighted by Gasteiger charge is -2.27. The minimum atomic E-state index is -3.16. The predicted octanol–water partition coefficient (Wildman–Crippen LogP) is 1.78. The topological polar surface area (TPSA) is 120 Å². The van der Waals surface area contributed by atoms with Gasteiger partial charge in [-0.25, -0.2) is 8.42 Å². The molecule has 1 aliphatic heterocycles. The lowest BCUT2D eigenvalue weighted by molar-refractivity contribution is -0.384. The molecule has 2 heterocycles. The molecule has 0 radical (unpaired) electrons. The number of nitro benzene ring substituents is 1. The molecule has 1 saturated heterocycles. The van der Waals surface area contributed by atoms with Crippen LogP contribution in [0.3, 0.4) is 0 Å². The summed E-state index contributed by atoms with van der Waals surface area (Å²) in [5, 5.41) is 10.7. The number of benzene rings is 1. The summed E-state index contributed by atoms with van der Waals surface area (Å²) < 4.78 is 34.3. The molecule has 10 heteroatoms. The highest BCUT2D eigenvalue weighted by Gasteiger charge is 2.35. The summed E-state index contributed by atoms with van der Waals surface area (Å²) in [7, 11) is -3.16. The zero-order valence-electron chi connectivity index (χ0n) is 14.3. The van der Waals surface area contributed by atoms with Crippen molar-refractivity contribution in [1.82, 2.24) is 4.90 Å². The van der Waals surface area contributed by atoms with Crippen molar-refractivity contribution in [2.24, 2.45) is 0 Å². The van der Waals surface area contributed by atoms with E-state index in [0.717, 1.165) is 0 Å². The van der Waals surface area contributed by atoms with E-state index < -0.39 is 20.8 Å². The van der Waals surface area contributed by atoms with Gasteiger partial charge in [-0.05, 0) is 30.7 Å². The zero-order chi connectivity index (χ0) is 19.4. The molecule has 3 rings (SSSR count). The highest BCUT2D eigenvalue weighted by molar-refractivity contribution is 7.91. The van der Waals surface area contributed by atoms with E-state index in [1.165, 1.54) is 35.4 Å². The van der Waals surface area contributed by atoms with Gasteiger partial charge >= 0.3 is 0 Å². The van der Waals surface area contributed by atoms with Gasteiger partial charge in [-0.15, -0.1) is 0 Å². The van der Waals surface area contributed by atoms with Crippen LogP contribution in [0.5, 0.6) is 5.75 Å². The molecule has 144 valence electrons. The van der Waals surface area contributed by atoms with Gasteiger partial charge in [-0.2, -0.15) is 0 Å². The second kappa shape index (κ2) is 7.78. The van der Waals surface area contributed by atoms with Crippen molar-refractivity contribution < 1.29 is 27.3 Å². The van der Waals surface area contributed by atoms with Gasteiger partial charge in [0.2, 0.25) is 0 Å². The molecule has 1 amide bonds. The number of non-ortho nitro benzene ring substituents is 1. The van der Waals surface area contributed by atoms with Crippen molar-refractivity contribution in [3.8, 4) is 5.75 Å². The van der Waals surface area contributed by atoms with Crippen LogP contribution < -0.4 is 4.74 Å². The van der Waals surface area contributed by atoms with Gasteiger partial charge in [0.15, 0.2) is 16.4 Å². The van der Waals surface area contributed by atoms with Crippen molar-refractivity contribution in [2.75, 3.05) is 18.1 Å². The lowest BCUT2D eigenvalue weighted by atomic mass is 10.2. The number of hydrogen-bond acceptors (Lipinski definition) is 7. The molecule has 0 aliphatic carbocycles. The Labute approximate surface area is 155 Å². The normalized spacial score (nSPS) is 18.1. The van der Waals surface area contributed by atoms with Gasteiger partial charge in [-0.3, -0.25) is 14.9 Å². The molecule has 27 heavy (non-hydrogen) atoms. The number of carbonyl (C=O) groups excluding carboxylic acids is 1. The molecule has 1 unspecified atom stereocenters. The summed E-state index contributed by atoms with van der Waals surface area (Å²) in [6.07, 6.45) is 1.85. The number of furan rings is 1. The fourth-order valence-corrected chi connectivity index (χ4v) is 4.64. The Bertz CT molecular complexity index is 907. The molecule has 1 aromatic heterocycles. The third-order valence-electron chi connectivity index (χ3n) is 4.29. The van der Waals surface area contributed by atoms with Crippen LogP contribution >= 0.6 is 0 Å². The first-order valence-electron chi connectivity index (χ1n) is 8.23. The first kappa shape index (κ1) is 18.9. The van der Waals surface area contributed by atoms with E-state index in [-0.39, 0.29) is 36.3 Å². The maximum atomic E-state index is 12.7. The zero-order valence-corrected chi connectivity index (χ0v) is 15.1. The summed E-state index contributed by atoms with van der Waals surface area (Å²) in [6.45, 7) is -0.162. The standard InChI is InChI=1S/C17H18N2O7S/c20-17(11-26-15-5-3-13(4-6-15)19(21)22)18(10-16-2-1-8-25-16)14-7-9-27(23,24)12-14/h1-6,8,14H,7,9-12H2. The fraction of sp³-hybridized carbons (Fsp3) is 0.353. The van der Waals surface area contributed by atoms with Crippen molar-refractivity contribution >= 4 is 21.4 Å². The molecule has 1 fully saturated rings. The van der Waals surface area contributed by atoms with Gasteiger partial charge in [0.25, 0.3) is 11.6 Å². The van der Waals surface area contributed by atoms with Gasteiger partial charge in [0.1, 0.15) is 11.5 Å². The van der Waals surface area contributed by atoms with E-state index in [0.29, 0.717) is 17.9 Å². The van der Waals surface area contributed by atoms with Gasteiger partial charge in [0.05, 0.1) is 29.2 Å². The first-order valence-corrected chi connectivity index (χ1v) is 10.1. The molecule has 2 aromatic rings. The molecular weight excluding hydrogens is 376 g/mol. The Morgan fingerprint density at radius 1 is 1.30 bits per heavy atom.